The lowest BCUT2D eigenvalue weighted by Crippen LogP contribution is -2.50. The molecule has 0 unspecified atom stereocenters. The van der Waals surface area contributed by atoms with E-state index in [9.17, 15) is 26.4 Å². The number of rotatable bonds is 8. The second kappa shape index (κ2) is 9.21. The van der Waals surface area contributed by atoms with Crippen LogP contribution in [0.1, 0.15) is 26.7 Å². The Morgan fingerprint density at radius 1 is 1.09 bits per heavy atom. The van der Waals surface area contributed by atoms with Crippen molar-refractivity contribution >= 4 is 15.7 Å². The smallest absolute Gasteiger partial charge is 0.316 e. The number of sulfonamides is 1. The molecule has 0 amide bonds. The lowest BCUT2D eigenvalue weighted by atomic mass is 10.1. The highest BCUT2D eigenvalue weighted by Crippen LogP contribution is 2.46. The van der Waals surface area contributed by atoms with Gasteiger partial charge in [-0.05, 0) is 38.8 Å². The van der Waals surface area contributed by atoms with Gasteiger partial charge in [-0.25, -0.2) is 17.2 Å². The molecule has 4 rings (SSSR count). The first-order chi connectivity index (χ1) is 16.1. The predicted molar refractivity (Wildman–Crippen MR) is 121 cm³/mol. The SMILES string of the molecule is CC(C)S(=O)(=O)N1CCN(c2cnn(-c3cc(F)cc(F)c3)c(=O)c2OCC2(CF)CC2)CC1. The lowest BCUT2D eigenvalue weighted by Gasteiger charge is -2.36. The maximum atomic E-state index is 13.7. The molecule has 1 saturated carbocycles. The van der Waals surface area contributed by atoms with Crippen LogP contribution in [0.4, 0.5) is 18.9 Å². The highest BCUT2D eigenvalue weighted by molar-refractivity contribution is 7.89. The summed E-state index contributed by atoms with van der Waals surface area (Å²) in [6.07, 6.45) is 2.62. The summed E-state index contributed by atoms with van der Waals surface area (Å²) in [4.78, 5) is 15.1. The maximum Gasteiger partial charge on any atom is 0.316 e. The molecular weight excluding hydrogens is 473 g/mol. The fourth-order valence-electron chi connectivity index (χ4n) is 3.84. The third kappa shape index (κ3) is 4.78. The van der Waals surface area contributed by atoms with Crippen molar-refractivity contribution in [3.63, 3.8) is 0 Å². The van der Waals surface area contributed by atoms with E-state index in [1.54, 1.807) is 18.7 Å². The van der Waals surface area contributed by atoms with E-state index in [4.69, 9.17) is 4.74 Å². The number of anilines is 1. The van der Waals surface area contributed by atoms with Gasteiger partial charge in [0.1, 0.15) is 17.3 Å². The molecule has 0 N–H and O–H groups in total. The molecule has 2 fully saturated rings. The summed E-state index contributed by atoms with van der Waals surface area (Å²) in [5.41, 5.74) is -1.16. The summed E-state index contributed by atoms with van der Waals surface area (Å²) in [5, 5.41) is 3.54. The van der Waals surface area contributed by atoms with Crippen molar-refractivity contribution in [1.82, 2.24) is 14.1 Å². The second-order valence-electron chi connectivity index (χ2n) is 9.11. The van der Waals surface area contributed by atoms with Gasteiger partial charge in [-0.15, -0.1) is 0 Å². The molecule has 0 bridgehead atoms. The lowest BCUT2D eigenvalue weighted by molar-refractivity contribution is 0.197. The molecule has 34 heavy (non-hydrogen) atoms. The molecule has 1 aromatic heterocycles. The average Bonchev–Trinajstić information content (AvgIpc) is 3.58. The van der Waals surface area contributed by atoms with E-state index in [1.807, 2.05) is 0 Å². The van der Waals surface area contributed by atoms with Gasteiger partial charge in [-0.3, -0.25) is 9.18 Å². The third-order valence-electron chi connectivity index (χ3n) is 6.30. The monoisotopic (exact) mass is 500 g/mol. The molecule has 1 aromatic carbocycles. The van der Waals surface area contributed by atoms with Crippen molar-refractivity contribution in [3.8, 4) is 11.4 Å². The van der Waals surface area contributed by atoms with Gasteiger partial charge in [-0.2, -0.15) is 14.1 Å². The molecule has 0 atom stereocenters. The Morgan fingerprint density at radius 2 is 1.71 bits per heavy atom. The first-order valence-electron chi connectivity index (χ1n) is 11.1. The molecular formula is C22H27F3N4O4S. The van der Waals surface area contributed by atoms with Gasteiger partial charge in [0.2, 0.25) is 15.8 Å². The van der Waals surface area contributed by atoms with E-state index < -0.39 is 44.6 Å². The number of ether oxygens (including phenoxy) is 1. The number of aromatic nitrogens is 2. The van der Waals surface area contributed by atoms with Crippen molar-refractivity contribution in [3.05, 3.63) is 46.4 Å². The van der Waals surface area contributed by atoms with Gasteiger partial charge in [0.15, 0.2) is 0 Å². The van der Waals surface area contributed by atoms with Gasteiger partial charge in [0.25, 0.3) is 0 Å². The molecule has 2 aromatic rings. The van der Waals surface area contributed by atoms with E-state index >= 15 is 0 Å². The summed E-state index contributed by atoms with van der Waals surface area (Å²) in [5.74, 6) is -1.85. The summed E-state index contributed by atoms with van der Waals surface area (Å²) in [6.45, 7) is 3.64. The highest BCUT2D eigenvalue weighted by atomic mass is 32.2. The van der Waals surface area contributed by atoms with Crippen molar-refractivity contribution in [2.45, 2.75) is 31.9 Å². The minimum absolute atomic E-state index is 0.0189. The molecule has 1 aliphatic heterocycles. The maximum absolute atomic E-state index is 13.7. The molecule has 0 spiro atoms. The van der Waals surface area contributed by atoms with Crippen LogP contribution in [0.25, 0.3) is 5.69 Å². The number of nitrogens with zero attached hydrogens (tertiary/aromatic N) is 4. The Balaban J connectivity index is 1.67. The molecule has 186 valence electrons. The molecule has 12 heteroatoms. The fourth-order valence-corrected chi connectivity index (χ4v) is 5.10. The van der Waals surface area contributed by atoms with Crippen LogP contribution in [-0.4, -0.2) is 67.2 Å². The van der Waals surface area contributed by atoms with Crippen molar-refractivity contribution < 1.29 is 26.3 Å². The van der Waals surface area contributed by atoms with Gasteiger partial charge >= 0.3 is 5.56 Å². The van der Waals surface area contributed by atoms with Crippen LogP contribution < -0.4 is 15.2 Å². The Hall–Kier alpha value is -2.60. The summed E-state index contributed by atoms with van der Waals surface area (Å²) < 4.78 is 73.9. The minimum atomic E-state index is -3.42. The molecule has 1 aliphatic carbocycles. The minimum Gasteiger partial charge on any atom is -0.486 e. The number of benzene rings is 1. The molecule has 0 radical (unpaired) electrons. The van der Waals surface area contributed by atoms with Crippen LogP contribution in [0.2, 0.25) is 0 Å². The zero-order chi connectivity index (χ0) is 24.7. The number of halogens is 3. The highest BCUT2D eigenvalue weighted by Gasteiger charge is 2.44. The van der Waals surface area contributed by atoms with Crippen molar-refractivity contribution in [1.29, 1.82) is 0 Å². The van der Waals surface area contributed by atoms with Crippen molar-refractivity contribution in [2.75, 3.05) is 44.4 Å². The van der Waals surface area contributed by atoms with Crippen LogP contribution in [0, 0.1) is 17.0 Å². The summed E-state index contributed by atoms with van der Waals surface area (Å²) >= 11 is 0. The van der Waals surface area contributed by atoms with Gasteiger partial charge < -0.3 is 9.64 Å². The quantitative estimate of drug-likeness (QED) is 0.554. The second-order valence-corrected chi connectivity index (χ2v) is 11.6. The summed E-state index contributed by atoms with van der Waals surface area (Å²) in [6, 6.07) is 2.63. The van der Waals surface area contributed by atoms with Gasteiger partial charge in [0.05, 0.1) is 30.4 Å². The standard InChI is InChI=1S/C22H27F3N4O4S/c1-15(2)34(31,32)28-7-5-27(6-8-28)19-12-26-29(18-10-16(24)9-17(25)11-18)21(30)20(19)33-14-22(13-23)3-4-22/h9-12,15H,3-8,13-14H2,1-2H3. The van der Waals surface area contributed by atoms with E-state index in [2.05, 4.69) is 5.10 Å². The van der Waals surface area contributed by atoms with Gasteiger partial charge in [-0.1, -0.05) is 0 Å². The Morgan fingerprint density at radius 3 is 2.24 bits per heavy atom. The number of piperazine rings is 1. The number of alkyl halides is 1. The largest absolute Gasteiger partial charge is 0.486 e. The molecule has 2 heterocycles. The fraction of sp³-hybridized carbons (Fsp3) is 0.545. The van der Waals surface area contributed by atoms with Crippen LogP contribution >= 0.6 is 0 Å². The van der Waals surface area contributed by atoms with Crippen LogP contribution in [0.3, 0.4) is 0 Å². The molecule has 1 saturated heterocycles. The zero-order valence-corrected chi connectivity index (χ0v) is 19.8. The Bertz CT molecular complexity index is 1200. The van der Waals surface area contributed by atoms with Crippen molar-refractivity contribution in [2.24, 2.45) is 5.41 Å². The van der Waals surface area contributed by atoms with E-state index in [0.717, 1.165) is 16.8 Å². The molecule has 8 nitrogen and oxygen atoms in total. The topological polar surface area (TPSA) is 84.7 Å². The normalized spacial score (nSPS) is 18.4. The van der Waals surface area contributed by atoms with Crippen LogP contribution in [0.5, 0.6) is 5.75 Å². The zero-order valence-electron chi connectivity index (χ0n) is 19.0. The van der Waals surface area contributed by atoms with E-state index in [0.29, 0.717) is 24.6 Å². The number of hydrogen-bond donors (Lipinski definition) is 0. The first-order valence-corrected chi connectivity index (χ1v) is 12.6. The van der Waals surface area contributed by atoms with Crippen LogP contribution in [0.15, 0.2) is 29.2 Å². The third-order valence-corrected chi connectivity index (χ3v) is 8.58. The molecule has 2 aliphatic rings. The first kappa shape index (κ1) is 24.5. The average molecular weight is 501 g/mol. The summed E-state index contributed by atoms with van der Waals surface area (Å²) in [7, 11) is -3.42. The van der Waals surface area contributed by atoms with Crippen LogP contribution in [-0.2, 0) is 10.0 Å². The Kier molecular flexibility index (Phi) is 6.65. The van der Waals surface area contributed by atoms with Gasteiger partial charge in [0, 0.05) is 37.7 Å². The van der Waals surface area contributed by atoms with E-state index in [1.165, 1.54) is 10.5 Å². The Labute approximate surface area is 196 Å². The number of hydrogen-bond acceptors (Lipinski definition) is 6. The predicted octanol–water partition coefficient (Wildman–Crippen LogP) is 2.50. The van der Waals surface area contributed by atoms with E-state index in [-0.39, 0.29) is 44.2 Å².